The quantitative estimate of drug-likeness (QED) is 0.735. The van der Waals surface area contributed by atoms with Crippen molar-refractivity contribution in [1.82, 2.24) is 0 Å². The molecule has 0 aliphatic carbocycles. The van der Waals surface area contributed by atoms with Crippen molar-refractivity contribution in [3.8, 4) is 0 Å². The monoisotopic (exact) mass is 374 g/mol. The minimum absolute atomic E-state index is 0.137. The molecule has 6 heteroatoms. The van der Waals surface area contributed by atoms with E-state index in [1.807, 2.05) is 60.7 Å². The molecule has 0 bridgehead atoms. The molecule has 0 radical (unpaired) electrons. The van der Waals surface area contributed by atoms with E-state index < -0.39 is 30.7 Å². The Hall–Kier alpha value is -1.80. The van der Waals surface area contributed by atoms with Crippen molar-refractivity contribution in [2.24, 2.45) is 0 Å². The standard InChI is InChI=1S/C21H26O6/c1-24-21-20(26-13-16-10-6-3-7-11-16)19(23)18(22)17(27-21)14-25-12-15-8-4-2-5-9-15/h2-11,17-23H,12-14H2,1H3/t17-,18-,19+,20+,21+/m1/s1. The SMILES string of the molecule is CO[C@H]1O[C@H](COCc2ccccc2)[C@@H](O)[C@H](O)[C@@H]1OCc1ccccc1. The zero-order valence-corrected chi connectivity index (χ0v) is 15.3. The van der Waals surface area contributed by atoms with Gasteiger partial charge < -0.3 is 29.2 Å². The lowest BCUT2D eigenvalue weighted by Gasteiger charge is -2.41. The molecular weight excluding hydrogens is 348 g/mol. The van der Waals surface area contributed by atoms with Crippen LogP contribution >= 0.6 is 0 Å². The molecule has 3 rings (SSSR count). The third-order valence-corrected chi connectivity index (χ3v) is 4.56. The Labute approximate surface area is 159 Å². The van der Waals surface area contributed by atoms with Gasteiger partial charge >= 0.3 is 0 Å². The van der Waals surface area contributed by atoms with E-state index in [0.717, 1.165) is 11.1 Å². The van der Waals surface area contributed by atoms with E-state index in [2.05, 4.69) is 0 Å². The molecule has 146 valence electrons. The number of rotatable bonds is 8. The third kappa shape index (κ3) is 5.35. The van der Waals surface area contributed by atoms with E-state index >= 15 is 0 Å². The van der Waals surface area contributed by atoms with Crippen LogP contribution in [0, 0.1) is 0 Å². The first-order valence-corrected chi connectivity index (χ1v) is 9.00. The zero-order valence-electron chi connectivity index (χ0n) is 15.3. The lowest BCUT2D eigenvalue weighted by molar-refractivity contribution is -0.307. The van der Waals surface area contributed by atoms with Crippen molar-refractivity contribution in [2.45, 2.75) is 43.9 Å². The summed E-state index contributed by atoms with van der Waals surface area (Å²) in [4.78, 5) is 0. The summed E-state index contributed by atoms with van der Waals surface area (Å²) in [7, 11) is 1.48. The van der Waals surface area contributed by atoms with Crippen molar-refractivity contribution in [3.63, 3.8) is 0 Å². The summed E-state index contributed by atoms with van der Waals surface area (Å²) in [5.41, 5.74) is 1.98. The Bertz CT molecular complexity index is 661. The highest BCUT2D eigenvalue weighted by Gasteiger charge is 2.45. The van der Waals surface area contributed by atoms with Gasteiger partial charge in [0.2, 0.25) is 0 Å². The van der Waals surface area contributed by atoms with E-state index in [9.17, 15) is 10.2 Å². The van der Waals surface area contributed by atoms with Crippen LogP contribution in [0.2, 0.25) is 0 Å². The second-order valence-corrected chi connectivity index (χ2v) is 6.52. The molecule has 1 aliphatic heterocycles. The summed E-state index contributed by atoms with van der Waals surface area (Å²) in [5.74, 6) is 0. The summed E-state index contributed by atoms with van der Waals surface area (Å²) in [5, 5.41) is 20.9. The molecule has 2 aromatic carbocycles. The summed E-state index contributed by atoms with van der Waals surface area (Å²) >= 11 is 0. The smallest absolute Gasteiger partial charge is 0.186 e. The molecule has 27 heavy (non-hydrogen) atoms. The van der Waals surface area contributed by atoms with Crippen LogP contribution in [0.15, 0.2) is 60.7 Å². The molecule has 5 atom stereocenters. The van der Waals surface area contributed by atoms with Crippen molar-refractivity contribution in [2.75, 3.05) is 13.7 Å². The van der Waals surface area contributed by atoms with Crippen molar-refractivity contribution >= 4 is 0 Å². The Balaban J connectivity index is 1.54. The Morgan fingerprint density at radius 3 is 2.04 bits per heavy atom. The van der Waals surface area contributed by atoms with Crippen molar-refractivity contribution < 1.29 is 29.2 Å². The maximum atomic E-state index is 10.5. The average molecular weight is 374 g/mol. The molecule has 0 amide bonds. The first-order chi connectivity index (χ1) is 13.2. The second kappa shape index (κ2) is 9.94. The number of aliphatic hydroxyl groups is 2. The highest BCUT2D eigenvalue weighted by molar-refractivity contribution is 5.14. The van der Waals surface area contributed by atoms with E-state index in [0.29, 0.717) is 6.61 Å². The van der Waals surface area contributed by atoms with Gasteiger partial charge in [-0.3, -0.25) is 0 Å². The van der Waals surface area contributed by atoms with Gasteiger partial charge in [0.05, 0.1) is 19.8 Å². The van der Waals surface area contributed by atoms with Gasteiger partial charge in [-0.25, -0.2) is 0 Å². The number of hydrogen-bond donors (Lipinski definition) is 2. The number of ether oxygens (including phenoxy) is 4. The molecule has 1 aliphatic rings. The molecule has 6 nitrogen and oxygen atoms in total. The van der Waals surface area contributed by atoms with Crippen LogP contribution in [0.25, 0.3) is 0 Å². The molecule has 2 aromatic rings. The number of aliphatic hydroxyl groups excluding tert-OH is 2. The first-order valence-electron chi connectivity index (χ1n) is 9.00. The minimum Gasteiger partial charge on any atom is -0.387 e. The van der Waals surface area contributed by atoms with Crippen LogP contribution in [0.3, 0.4) is 0 Å². The largest absolute Gasteiger partial charge is 0.387 e. The van der Waals surface area contributed by atoms with Gasteiger partial charge in [-0.2, -0.15) is 0 Å². The molecule has 0 aromatic heterocycles. The van der Waals surface area contributed by atoms with Crippen LogP contribution < -0.4 is 0 Å². The molecule has 1 heterocycles. The van der Waals surface area contributed by atoms with Crippen LogP contribution in [0.1, 0.15) is 11.1 Å². The van der Waals surface area contributed by atoms with E-state index in [1.165, 1.54) is 7.11 Å². The number of benzene rings is 2. The normalized spacial score (nSPS) is 28.2. The van der Waals surface area contributed by atoms with Gasteiger partial charge in [-0.05, 0) is 11.1 Å². The summed E-state index contributed by atoms with van der Waals surface area (Å²) in [6.07, 6.45) is -4.57. The highest BCUT2D eigenvalue weighted by atomic mass is 16.7. The van der Waals surface area contributed by atoms with Gasteiger partial charge in [0, 0.05) is 7.11 Å². The molecular formula is C21H26O6. The zero-order chi connectivity index (χ0) is 19.1. The van der Waals surface area contributed by atoms with Gasteiger partial charge in [0.1, 0.15) is 24.4 Å². The van der Waals surface area contributed by atoms with Crippen molar-refractivity contribution in [1.29, 1.82) is 0 Å². The van der Waals surface area contributed by atoms with E-state index in [4.69, 9.17) is 18.9 Å². The molecule has 0 unspecified atom stereocenters. The second-order valence-electron chi connectivity index (χ2n) is 6.52. The lowest BCUT2D eigenvalue weighted by atomic mass is 9.99. The van der Waals surface area contributed by atoms with Crippen LogP contribution in [-0.2, 0) is 32.2 Å². The summed E-state index contributed by atoms with van der Waals surface area (Å²) in [6.45, 7) is 0.821. The fraction of sp³-hybridized carbons (Fsp3) is 0.429. The minimum atomic E-state index is -1.14. The maximum absolute atomic E-state index is 10.5. The summed E-state index contributed by atoms with van der Waals surface area (Å²) in [6, 6.07) is 19.3. The Morgan fingerprint density at radius 2 is 1.44 bits per heavy atom. The Kier molecular flexibility index (Phi) is 7.34. The van der Waals surface area contributed by atoms with Crippen LogP contribution in [0.4, 0.5) is 0 Å². The third-order valence-electron chi connectivity index (χ3n) is 4.56. The molecule has 0 spiro atoms. The topological polar surface area (TPSA) is 77.4 Å². The lowest BCUT2D eigenvalue weighted by Crippen LogP contribution is -2.59. The molecule has 0 saturated carbocycles. The van der Waals surface area contributed by atoms with Gasteiger partial charge in [0.15, 0.2) is 6.29 Å². The van der Waals surface area contributed by atoms with Crippen LogP contribution in [-0.4, -0.2) is 54.6 Å². The average Bonchev–Trinajstić information content (AvgIpc) is 2.72. The van der Waals surface area contributed by atoms with E-state index in [1.54, 1.807) is 0 Å². The molecule has 1 saturated heterocycles. The highest BCUT2D eigenvalue weighted by Crippen LogP contribution is 2.25. The molecule has 1 fully saturated rings. The maximum Gasteiger partial charge on any atom is 0.186 e. The van der Waals surface area contributed by atoms with Gasteiger partial charge in [-0.1, -0.05) is 60.7 Å². The van der Waals surface area contributed by atoms with Crippen molar-refractivity contribution in [3.05, 3.63) is 71.8 Å². The Morgan fingerprint density at radius 1 is 0.852 bits per heavy atom. The van der Waals surface area contributed by atoms with Gasteiger partial charge in [-0.15, -0.1) is 0 Å². The predicted octanol–water partition coefficient (Wildman–Crippen LogP) is 1.88. The first kappa shape index (κ1) is 19.9. The van der Waals surface area contributed by atoms with Crippen LogP contribution in [0.5, 0.6) is 0 Å². The number of hydrogen-bond acceptors (Lipinski definition) is 6. The number of methoxy groups -OCH3 is 1. The van der Waals surface area contributed by atoms with E-state index in [-0.39, 0.29) is 13.2 Å². The fourth-order valence-electron chi connectivity index (χ4n) is 3.04. The predicted molar refractivity (Wildman–Crippen MR) is 98.8 cm³/mol. The summed E-state index contributed by atoms with van der Waals surface area (Å²) < 4.78 is 22.5. The van der Waals surface area contributed by atoms with Gasteiger partial charge in [0.25, 0.3) is 0 Å². The fourth-order valence-corrected chi connectivity index (χ4v) is 3.04. The molecule has 2 N–H and O–H groups in total.